The number of nitrogens with zero attached hydrogens (tertiary/aromatic N) is 3. The summed E-state index contributed by atoms with van der Waals surface area (Å²) in [6.07, 6.45) is 2.51. The van der Waals surface area contributed by atoms with Crippen LogP contribution in [0.25, 0.3) is 11.0 Å². The van der Waals surface area contributed by atoms with Crippen LogP contribution in [0.2, 0.25) is 10.0 Å². The Balaban J connectivity index is 1.79. The number of anilines is 1. The molecule has 1 aliphatic heterocycles. The van der Waals surface area contributed by atoms with E-state index >= 15 is 0 Å². The highest BCUT2D eigenvalue weighted by molar-refractivity contribution is 7.00. The molecule has 0 saturated carbocycles. The average molecular weight is 331 g/mol. The van der Waals surface area contributed by atoms with E-state index in [0.29, 0.717) is 16.0 Å². The summed E-state index contributed by atoms with van der Waals surface area (Å²) in [5.74, 6) is 0.641. The fraction of sp³-hybridized carbons (Fsp3) is 0.538. The first-order valence-electron chi connectivity index (χ1n) is 6.68. The summed E-state index contributed by atoms with van der Waals surface area (Å²) in [6, 6.07) is 1.74. The normalized spacial score (nSPS) is 20.4. The van der Waals surface area contributed by atoms with Crippen LogP contribution in [0.3, 0.4) is 0 Å². The van der Waals surface area contributed by atoms with Gasteiger partial charge < -0.3 is 10.2 Å². The van der Waals surface area contributed by atoms with E-state index < -0.39 is 0 Å². The van der Waals surface area contributed by atoms with Gasteiger partial charge in [0.25, 0.3) is 0 Å². The third-order valence-corrected chi connectivity index (χ3v) is 4.85. The van der Waals surface area contributed by atoms with Gasteiger partial charge in [-0.15, -0.1) is 0 Å². The van der Waals surface area contributed by atoms with Crippen LogP contribution in [0.5, 0.6) is 0 Å². The molecule has 2 heterocycles. The van der Waals surface area contributed by atoms with E-state index in [1.807, 2.05) is 0 Å². The second-order valence-corrected chi connectivity index (χ2v) is 6.67. The number of likely N-dealkylation sites (tertiary alicyclic amines) is 1. The number of nitrogens with one attached hydrogen (secondary N) is 1. The number of halogens is 2. The molecule has 1 unspecified atom stereocenters. The lowest BCUT2D eigenvalue weighted by atomic mass is 9.98. The fourth-order valence-electron chi connectivity index (χ4n) is 2.73. The first-order chi connectivity index (χ1) is 9.65. The highest BCUT2D eigenvalue weighted by Crippen LogP contribution is 2.35. The first kappa shape index (κ1) is 14.3. The summed E-state index contributed by atoms with van der Waals surface area (Å²) in [4.78, 5) is 2.37. The number of piperidine rings is 1. The van der Waals surface area contributed by atoms with E-state index in [4.69, 9.17) is 23.2 Å². The lowest BCUT2D eigenvalue weighted by Gasteiger charge is -2.30. The molecule has 20 heavy (non-hydrogen) atoms. The molecule has 1 saturated heterocycles. The van der Waals surface area contributed by atoms with Crippen LogP contribution >= 0.6 is 34.9 Å². The highest BCUT2D eigenvalue weighted by atomic mass is 35.5. The van der Waals surface area contributed by atoms with Crippen molar-refractivity contribution in [1.29, 1.82) is 0 Å². The van der Waals surface area contributed by atoms with E-state index in [9.17, 15) is 0 Å². The van der Waals surface area contributed by atoms with Gasteiger partial charge in [0.05, 0.1) is 27.5 Å². The maximum atomic E-state index is 6.29. The van der Waals surface area contributed by atoms with Gasteiger partial charge in [-0.05, 0) is 38.4 Å². The quantitative estimate of drug-likeness (QED) is 0.930. The molecule has 0 spiro atoms. The van der Waals surface area contributed by atoms with Crippen molar-refractivity contribution in [3.63, 3.8) is 0 Å². The van der Waals surface area contributed by atoms with Gasteiger partial charge in [0, 0.05) is 13.1 Å². The SMILES string of the molecule is CN1CCCC(CNc2c(Cl)cc(Cl)c3nsnc23)C1. The minimum absolute atomic E-state index is 0.557. The summed E-state index contributed by atoms with van der Waals surface area (Å²) < 4.78 is 8.53. The Morgan fingerprint density at radius 3 is 2.95 bits per heavy atom. The molecule has 3 rings (SSSR count). The van der Waals surface area contributed by atoms with Gasteiger partial charge in [-0.25, -0.2) is 0 Å². The molecule has 108 valence electrons. The molecule has 1 aliphatic rings. The standard InChI is InChI=1S/C13H16Cl2N4S/c1-19-4-2-3-8(7-19)6-16-11-9(14)5-10(15)12-13(11)18-20-17-12/h5,8,16H,2-4,6-7H2,1H3. The lowest BCUT2D eigenvalue weighted by Crippen LogP contribution is -2.35. The molecule has 0 radical (unpaired) electrons. The molecular weight excluding hydrogens is 315 g/mol. The van der Waals surface area contributed by atoms with Crippen LogP contribution in [0.15, 0.2) is 6.07 Å². The molecule has 4 nitrogen and oxygen atoms in total. The van der Waals surface area contributed by atoms with Gasteiger partial charge >= 0.3 is 0 Å². The third kappa shape index (κ3) is 2.86. The van der Waals surface area contributed by atoms with Gasteiger partial charge in [-0.3, -0.25) is 0 Å². The highest BCUT2D eigenvalue weighted by Gasteiger charge is 2.19. The maximum Gasteiger partial charge on any atom is 0.130 e. The smallest absolute Gasteiger partial charge is 0.130 e. The van der Waals surface area contributed by atoms with Crippen LogP contribution in [-0.4, -0.2) is 40.3 Å². The van der Waals surface area contributed by atoms with Gasteiger partial charge in [0.15, 0.2) is 0 Å². The molecule has 1 aromatic carbocycles. The van der Waals surface area contributed by atoms with Gasteiger partial charge in [0.1, 0.15) is 11.0 Å². The van der Waals surface area contributed by atoms with Crippen molar-refractivity contribution in [2.24, 2.45) is 5.92 Å². The van der Waals surface area contributed by atoms with Crippen molar-refractivity contribution in [1.82, 2.24) is 13.6 Å². The van der Waals surface area contributed by atoms with Gasteiger partial charge in [-0.2, -0.15) is 8.75 Å². The third-order valence-electron chi connectivity index (χ3n) is 3.73. The maximum absolute atomic E-state index is 6.29. The molecule has 0 aliphatic carbocycles. The number of rotatable bonds is 3. The molecule has 1 fully saturated rings. The van der Waals surface area contributed by atoms with Crippen molar-refractivity contribution in [2.75, 3.05) is 32.0 Å². The summed E-state index contributed by atoms with van der Waals surface area (Å²) in [5.41, 5.74) is 2.36. The molecule has 1 N–H and O–H groups in total. The predicted molar refractivity (Wildman–Crippen MR) is 86.1 cm³/mol. The number of benzene rings is 1. The van der Waals surface area contributed by atoms with Crippen molar-refractivity contribution < 1.29 is 0 Å². The summed E-state index contributed by atoms with van der Waals surface area (Å²) in [7, 11) is 2.17. The van der Waals surface area contributed by atoms with E-state index in [0.717, 1.165) is 41.5 Å². The molecule has 7 heteroatoms. The average Bonchev–Trinajstić information content (AvgIpc) is 2.88. The molecular formula is C13H16Cl2N4S. The minimum Gasteiger partial charge on any atom is -0.382 e. The molecule has 2 aromatic rings. The Morgan fingerprint density at radius 2 is 2.15 bits per heavy atom. The van der Waals surface area contributed by atoms with E-state index in [2.05, 4.69) is 26.0 Å². The minimum atomic E-state index is 0.557. The van der Waals surface area contributed by atoms with Crippen LogP contribution in [0.4, 0.5) is 5.69 Å². The second-order valence-electron chi connectivity index (χ2n) is 5.33. The van der Waals surface area contributed by atoms with Crippen molar-refractivity contribution in [3.05, 3.63) is 16.1 Å². The largest absolute Gasteiger partial charge is 0.382 e. The van der Waals surface area contributed by atoms with E-state index in [1.54, 1.807) is 6.07 Å². The monoisotopic (exact) mass is 330 g/mol. The Bertz CT molecular complexity index is 616. The number of hydrogen-bond acceptors (Lipinski definition) is 5. The second kappa shape index (κ2) is 6.02. The topological polar surface area (TPSA) is 41.0 Å². The molecule has 1 aromatic heterocycles. The van der Waals surface area contributed by atoms with Crippen molar-refractivity contribution in [3.8, 4) is 0 Å². The van der Waals surface area contributed by atoms with Crippen LogP contribution in [-0.2, 0) is 0 Å². The molecule has 1 atom stereocenters. The first-order valence-corrected chi connectivity index (χ1v) is 8.16. The van der Waals surface area contributed by atoms with Crippen molar-refractivity contribution in [2.45, 2.75) is 12.8 Å². The van der Waals surface area contributed by atoms with Crippen LogP contribution < -0.4 is 5.32 Å². The van der Waals surface area contributed by atoms with Crippen LogP contribution in [0, 0.1) is 5.92 Å². The summed E-state index contributed by atoms with van der Waals surface area (Å²) in [5, 5.41) is 4.61. The van der Waals surface area contributed by atoms with E-state index in [-0.39, 0.29) is 0 Å². The number of aromatic nitrogens is 2. The van der Waals surface area contributed by atoms with Gasteiger partial charge in [0.2, 0.25) is 0 Å². The van der Waals surface area contributed by atoms with Crippen LogP contribution in [0.1, 0.15) is 12.8 Å². The lowest BCUT2D eigenvalue weighted by molar-refractivity contribution is 0.217. The summed E-state index contributed by atoms with van der Waals surface area (Å²) in [6.45, 7) is 3.22. The Morgan fingerprint density at radius 1 is 1.35 bits per heavy atom. The van der Waals surface area contributed by atoms with E-state index in [1.165, 1.54) is 19.4 Å². The zero-order valence-corrected chi connectivity index (χ0v) is 13.5. The number of hydrogen-bond donors (Lipinski definition) is 1. The Labute approximate surface area is 132 Å². The summed E-state index contributed by atoms with van der Waals surface area (Å²) >= 11 is 13.6. The zero-order chi connectivity index (χ0) is 14.1. The molecule has 0 bridgehead atoms. The Kier molecular flexibility index (Phi) is 4.31. The Hall–Kier alpha value is -0.620. The van der Waals surface area contributed by atoms with Gasteiger partial charge in [-0.1, -0.05) is 23.2 Å². The zero-order valence-electron chi connectivity index (χ0n) is 11.2. The fourth-order valence-corrected chi connectivity index (χ4v) is 3.91. The molecule has 0 amide bonds. The predicted octanol–water partition coefficient (Wildman–Crippen LogP) is 3.75. The number of fused-ring (bicyclic) bond motifs is 1. The van der Waals surface area contributed by atoms with Crippen molar-refractivity contribution >= 4 is 51.7 Å².